The zero-order chi connectivity index (χ0) is 15.4. The summed E-state index contributed by atoms with van der Waals surface area (Å²) in [5.41, 5.74) is 11.7. The Balaban J connectivity index is 2.52. The maximum atomic E-state index is 6.13. The van der Waals surface area contributed by atoms with Crippen LogP contribution in [0.15, 0.2) is 24.5 Å². The van der Waals surface area contributed by atoms with Crippen LogP contribution in [0.2, 0.25) is 0 Å². The molecule has 2 aromatic rings. The smallest absolute Gasteiger partial charge is 0.128 e. The van der Waals surface area contributed by atoms with E-state index in [4.69, 9.17) is 5.73 Å². The van der Waals surface area contributed by atoms with Crippen LogP contribution in [-0.2, 0) is 0 Å². The van der Waals surface area contributed by atoms with Crippen molar-refractivity contribution in [3.63, 3.8) is 0 Å². The molecule has 0 spiro atoms. The van der Waals surface area contributed by atoms with Crippen LogP contribution in [0.1, 0.15) is 47.3 Å². The molecular weight excluding hydrogens is 260 g/mol. The van der Waals surface area contributed by atoms with Gasteiger partial charge in [0.25, 0.3) is 0 Å². The van der Waals surface area contributed by atoms with Crippen LogP contribution in [0, 0.1) is 20.8 Å². The Bertz CT molecular complexity index is 602. The van der Waals surface area contributed by atoms with Crippen LogP contribution in [0.3, 0.4) is 0 Å². The van der Waals surface area contributed by atoms with E-state index in [1.54, 1.807) is 6.20 Å². The van der Waals surface area contributed by atoms with Crippen molar-refractivity contribution in [1.82, 2.24) is 15.3 Å². The lowest BCUT2D eigenvalue weighted by Crippen LogP contribution is -2.27. The molecule has 4 heteroatoms. The van der Waals surface area contributed by atoms with Crippen molar-refractivity contribution in [1.29, 1.82) is 0 Å². The number of nitrogens with zero attached hydrogens (tertiary/aromatic N) is 2. The van der Waals surface area contributed by atoms with Crippen LogP contribution < -0.4 is 11.1 Å². The van der Waals surface area contributed by atoms with Crippen molar-refractivity contribution in [3.05, 3.63) is 52.5 Å². The van der Waals surface area contributed by atoms with Gasteiger partial charge in [-0.25, -0.2) is 4.98 Å². The van der Waals surface area contributed by atoms with Gasteiger partial charge in [0.15, 0.2) is 0 Å². The monoisotopic (exact) mass is 284 g/mol. The third-order valence-corrected chi connectivity index (χ3v) is 3.65. The molecule has 0 saturated carbocycles. The van der Waals surface area contributed by atoms with Crippen molar-refractivity contribution in [2.75, 3.05) is 12.3 Å². The summed E-state index contributed by atoms with van der Waals surface area (Å²) in [5.74, 6) is 0.574. The number of nitrogens with one attached hydrogen (secondary N) is 1. The van der Waals surface area contributed by atoms with Crippen molar-refractivity contribution < 1.29 is 0 Å². The number of hydrogen-bond acceptors (Lipinski definition) is 4. The van der Waals surface area contributed by atoms with E-state index in [9.17, 15) is 0 Å². The molecule has 0 aliphatic rings. The van der Waals surface area contributed by atoms with Crippen LogP contribution >= 0.6 is 0 Å². The molecule has 2 aromatic heterocycles. The predicted octanol–water partition coefficient (Wildman–Crippen LogP) is 3.07. The van der Waals surface area contributed by atoms with Gasteiger partial charge in [-0.05, 0) is 56.5 Å². The van der Waals surface area contributed by atoms with E-state index < -0.39 is 0 Å². The Labute approximate surface area is 126 Å². The fraction of sp³-hybridized carbons (Fsp3) is 0.412. The van der Waals surface area contributed by atoms with Crippen molar-refractivity contribution in [2.24, 2.45) is 0 Å². The van der Waals surface area contributed by atoms with Gasteiger partial charge in [-0.1, -0.05) is 13.0 Å². The molecule has 4 nitrogen and oxygen atoms in total. The molecule has 0 radical (unpaired) electrons. The first-order valence-electron chi connectivity index (χ1n) is 7.42. The summed E-state index contributed by atoms with van der Waals surface area (Å²) in [5, 5.41) is 3.56. The van der Waals surface area contributed by atoms with Crippen molar-refractivity contribution >= 4 is 5.82 Å². The second kappa shape index (κ2) is 6.68. The Morgan fingerprint density at radius 3 is 2.57 bits per heavy atom. The largest absolute Gasteiger partial charge is 0.383 e. The summed E-state index contributed by atoms with van der Waals surface area (Å²) in [6, 6.07) is 4.14. The normalized spacial score (nSPS) is 12.4. The molecular formula is C17H24N4. The zero-order valence-corrected chi connectivity index (χ0v) is 13.3. The maximum absolute atomic E-state index is 6.13. The Morgan fingerprint density at radius 1 is 1.19 bits per heavy atom. The molecule has 0 aliphatic heterocycles. The van der Waals surface area contributed by atoms with Gasteiger partial charge in [0.2, 0.25) is 0 Å². The number of nitrogen functional groups attached to an aromatic ring is 1. The van der Waals surface area contributed by atoms with Gasteiger partial charge in [-0.3, -0.25) is 4.98 Å². The number of aromatic nitrogens is 2. The molecule has 1 unspecified atom stereocenters. The van der Waals surface area contributed by atoms with Crippen molar-refractivity contribution in [2.45, 2.75) is 40.2 Å². The topological polar surface area (TPSA) is 63.8 Å². The summed E-state index contributed by atoms with van der Waals surface area (Å²) < 4.78 is 0. The predicted molar refractivity (Wildman–Crippen MR) is 87.2 cm³/mol. The van der Waals surface area contributed by atoms with Crippen LogP contribution in [0.5, 0.6) is 0 Å². The fourth-order valence-electron chi connectivity index (χ4n) is 2.62. The molecule has 0 saturated heterocycles. The number of pyridine rings is 2. The van der Waals surface area contributed by atoms with E-state index in [2.05, 4.69) is 49.0 Å². The summed E-state index contributed by atoms with van der Waals surface area (Å²) in [7, 11) is 0. The van der Waals surface area contributed by atoms with Gasteiger partial charge in [-0.15, -0.1) is 0 Å². The van der Waals surface area contributed by atoms with Gasteiger partial charge in [0.1, 0.15) is 5.82 Å². The zero-order valence-electron chi connectivity index (χ0n) is 13.3. The fourth-order valence-corrected chi connectivity index (χ4v) is 2.62. The molecule has 1 atom stereocenters. The number of hydrogen-bond donors (Lipinski definition) is 2. The highest BCUT2D eigenvalue weighted by Crippen LogP contribution is 2.29. The first-order chi connectivity index (χ1) is 10.0. The number of aryl methyl sites for hydroxylation is 3. The molecule has 2 heterocycles. The lowest BCUT2D eigenvalue weighted by atomic mass is 9.96. The third-order valence-electron chi connectivity index (χ3n) is 3.65. The van der Waals surface area contributed by atoms with Crippen molar-refractivity contribution in [3.8, 4) is 0 Å². The average molecular weight is 284 g/mol. The Hall–Kier alpha value is -1.94. The van der Waals surface area contributed by atoms with E-state index >= 15 is 0 Å². The summed E-state index contributed by atoms with van der Waals surface area (Å²) in [6.07, 6.45) is 4.71. The third kappa shape index (κ3) is 3.39. The number of anilines is 1. The Kier molecular flexibility index (Phi) is 4.91. The molecule has 21 heavy (non-hydrogen) atoms. The highest BCUT2D eigenvalue weighted by molar-refractivity contribution is 5.50. The quantitative estimate of drug-likeness (QED) is 0.885. The van der Waals surface area contributed by atoms with E-state index in [0.29, 0.717) is 5.82 Å². The molecule has 3 N–H and O–H groups in total. The minimum absolute atomic E-state index is 0.0146. The first-order valence-corrected chi connectivity index (χ1v) is 7.42. The van der Waals surface area contributed by atoms with Crippen LogP contribution in [0.25, 0.3) is 0 Å². The molecule has 0 amide bonds. The molecule has 0 bridgehead atoms. The van der Waals surface area contributed by atoms with Gasteiger partial charge in [-0.2, -0.15) is 0 Å². The standard InChI is InChI=1S/C17H24N4/c1-5-7-19-16(14-12(3)6-8-20-17(14)18)15-13(4)9-11(2)10-21-15/h6,8-10,16,19H,5,7H2,1-4H3,(H2,18,20). The lowest BCUT2D eigenvalue weighted by molar-refractivity contribution is 0.581. The summed E-state index contributed by atoms with van der Waals surface area (Å²) in [4.78, 5) is 8.90. The first kappa shape index (κ1) is 15.4. The maximum Gasteiger partial charge on any atom is 0.128 e. The second-order valence-corrected chi connectivity index (χ2v) is 5.53. The summed E-state index contributed by atoms with van der Waals surface area (Å²) in [6.45, 7) is 9.28. The number of rotatable bonds is 5. The second-order valence-electron chi connectivity index (χ2n) is 5.53. The highest BCUT2D eigenvalue weighted by atomic mass is 15.0. The van der Waals surface area contributed by atoms with Crippen LogP contribution in [-0.4, -0.2) is 16.5 Å². The molecule has 0 aromatic carbocycles. The minimum atomic E-state index is -0.0146. The molecule has 0 aliphatic carbocycles. The molecule has 0 fully saturated rings. The van der Waals surface area contributed by atoms with Gasteiger partial charge in [0.05, 0.1) is 11.7 Å². The van der Waals surface area contributed by atoms with E-state index in [0.717, 1.165) is 29.8 Å². The summed E-state index contributed by atoms with van der Waals surface area (Å²) >= 11 is 0. The van der Waals surface area contributed by atoms with Gasteiger partial charge in [0, 0.05) is 18.0 Å². The van der Waals surface area contributed by atoms with Gasteiger partial charge < -0.3 is 11.1 Å². The molecule has 112 valence electrons. The van der Waals surface area contributed by atoms with E-state index in [1.165, 1.54) is 11.1 Å². The van der Waals surface area contributed by atoms with E-state index in [1.807, 2.05) is 12.3 Å². The van der Waals surface area contributed by atoms with Crippen LogP contribution in [0.4, 0.5) is 5.82 Å². The SMILES string of the molecule is CCCNC(c1ncc(C)cc1C)c1c(C)ccnc1N. The van der Waals surface area contributed by atoms with E-state index in [-0.39, 0.29) is 6.04 Å². The number of nitrogens with two attached hydrogens (primary N) is 1. The minimum Gasteiger partial charge on any atom is -0.383 e. The lowest BCUT2D eigenvalue weighted by Gasteiger charge is -2.23. The van der Waals surface area contributed by atoms with Gasteiger partial charge >= 0.3 is 0 Å². The average Bonchev–Trinajstić information content (AvgIpc) is 2.43. The Morgan fingerprint density at radius 2 is 1.95 bits per heavy atom. The highest BCUT2D eigenvalue weighted by Gasteiger charge is 2.21. The molecule has 2 rings (SSSR count).